The molecule has 0 unspecified atom stereocenters. The van der Waals surface area contributed by atoms with Crippen LogP contribution in [0.5, 0.6) is 0 Å². The highest BCUT2D eigenvalue weighted by atomic mass is 16.2. The zero-order valence-corrected chi connectivity index (χ0v) is 9.93. The number of nitrogens with zero attached hydrogens (tertiary/aromatic N) is 2. The van der Waals surface area contributed by atoms with E-state index in [0.717, 1.165) is 35.5 Å². The van der Waals surface area contributed by atoms with Crippen LogP contribution in [0.4, 0.5) is 0 Å². The lowest BCUT2D eigenvalue weighted by molar-refractivity contribution is 0.288. The molecule has 1 aromatic carbocycles. The second-order valence-electron chi connectivity index (χ2n) is 4.00. The van der Waals surface area contributed by atoms with Crippen molar-refractivity contribution in [3.63, 3.8) is 0 Å². The molecule has 0 atom stereocenters. The molecule has 88 valence electrons. The summed E-state index contributed by atoms with van der Waals surface area (Å²) in [6.07, 6.45) is 3.45. The van der Waals surface area contributed by atoms with Gasteiger partial charge >= 0.3 is 0 Å². The van der Waals surface area contributed by atoms with E-state index in [1.54, 1.807) is 0 Å². The minimum atomic E-state index is 0.208. The number of hydrogen-bond acceptors (Lipinski definition) is 3. The van der Waals surface area contributed by atoms with Gasteiger partial charge in [-0.3, -0.25) is 0 Å². The maximum absolute atomic E-state index is 8.81. The SMILES string of the molecule is Cc1nc(-c2ccccc2)ncc1CCCO. The number of benzene rings is 1. The lowest BCUT2D eigenvalue weighted by Crippen LogP contribution is -1.99. The average molecular weight is 228 g/mol. The van der Waals surface area contributed by atoms with Gasteiger partial charge in [-0.05, 0) is 25.3 Å². The lowest BCUT2D eigenvalue weighted by atomic mass is 10.1. The number of aromatic nitrogens is 2. The van der Waals surface area contributed by atoms with E-state index >= 15 is 0 Å². The van der Waals surface area contributed by atoms with Crippen LogP contribution in [0.25, 0.3) is 11.4 Å². The molecule has 1 heterocycles. The predicted molar refractivity (Wildman–Crippen MR) is 67.6 cm³/mol. The van der Waals surface area contributed by atoms with E-state index < -0.39 is 0 Å². The number of hydrogen-bond donors (Lipinski definition) is 1. The topological polar surface area (TPSA) is 46.0 Å². The van der Waals surface area contributed by atoms with Gasteiger partial charge in [0.25, 0.3) is 0 Å². The highest BCUT2D eigenvalue weighted by Crippen LogP contribution is 2.16. The molecule has 1 aromatic heterocycles. The largest absolute Gasteiger partial charge is 0.396 e. The first-order chi connectivity index (χ1) is 8.31. The van der Waals surface area contributed by atoms with Crippen molar-refractivity contribution in [2.75, 3.05) is 6.61 Å². The Kier molecular flexibility index (Phi) is 3.83. The molecule has 0 amide bonds. The second kappa shape index (κ2) is 5.55. The molecule has 0 aliphatic heterocycles. The summed E-state index contributed by atoms with van der Waals surface area (Å²) in [7, 11) is 0. The van der Waals surface area contributed by atoms with Gasteiger partial charge in [-0.15, -0.1) is 0 Å². The van der Waals surface area contributed by atoms with E-state index in [9.17, 15) is 0 Å². The molecule has 1 N–H and O–H groups in total. The number of aliphatic hydroxyl groups is 1. The molecular formula is C14H16N2O. The molecule has 3 nitrogen and oxygen atoms in total. The van der Waals surface area contributed by atoms with Crippen LogP contribution in [0.2, 0.25) is 0 Å². The Morgan fingerprint density at radius 2 is 1.94 bits per heavy atom. The summed E-state index contributed by atoms with van der Waals surface area (Å²) >= 11 is 0. The zero-order chi connectivity index (χ0) is 12.1. The van der Waals surface area contributed by atoms with Crippen molar-refractivity contribution in [1.29, 1.82) is 0 Å². The molecule has 0 saturated carbocycles. The van der Waals surface area contributed by atoms with E-state index in [-0.39, 0.29) is 6.61 Å². The van der Waals surface area contributed by atoms with Gasteiger partial charge in [0.15, 0.2) is 5.82 Å². The molecule has 0 aliphatic carbocycles. The van der Waals surface area contributed by atoms with Gasteiger partial charge < -0.3 is 5.11 Å². The Morgan fingerprint density at radius 1 is 1.18 bits per heavy atom. The van der Waals surface area contributed by atoms with Crippen LogP contribution in [0.15, 0.2) is 36.5 Å². The summed E-state index contributed by atoms with van der Waals surface area (Å²) in [6, 6.07) is 9.94. The van der Waals surface area contributed by atoms with E-state index in [4.69, 9.17) is 5.11 Å². The standard InChI is InChI=1S/C14H16N2O/c1-11-13(8-5-9-17)10-15-14(16-11)12-6-3-2-4-7-12/h2-4,6-7,10,17H,5,8-9H2,1H3. The fourth-order valence-electron chi connectivity index (χ4n) is 1.73. The van der Waals surface area contributed by atoms with Crippen molar-refractivity contribution in [3.8, 4) is 11.4 Å². The highest BCUT2D eigenvalue weighted by Gasteiger charge is 2.04. The second-order valence-corrected chi connectivity index (χ2v) is 4.00. The van der Waals surface area contributed by atoms with Crippen molar-refractivity contribution >= 4 is 0 Å². The Labute approximate surface area is 101 Å². The van der Waals surface area contributed by atoms with Crippen LogP contribution in [0.3, 0.4) is 0 Å². The molecule has 0 aliphatic rings. The summed E-state index contributed by atoms with van der Waals surface area (Å²) in [6.45, 7) is 2.20. The third kappa shape index (κ3) is 2.88. The fourth-order valence-corrected chi connectivity index (χ4v) is 1.73. The number of aryl methyl sites for hydroxylation is 2. The van der Waals surface area contributed by atoms with Gasteiger partial charge in [0.2, 0.25) is 0 Å². The van der Waals surface area contributed by atoms with Gasteiger partial charge in [0, 0.05) is 24.1 Å². The first-order valence-electron chi connectivity index (χ1n) is 5.80. The van der Waals surface area contributed by atoms with Gasteiger partial charge in [0.05, 0.1) is 0 Å². The first kappa shape index (κ1) is 11.7. The van der Waals surface area contributed by atoms with E-state index in [2.05, 4.69) is 9.97 Å². The van der Waals surface area contributed by atoms with Gasteiger partial charge in [0.1, 0.15) is 0 Å². The molecule has 3 heteroatoms. The first-order valence-corrected chi connectivity index (χ1v) is 5.80. The smallest absolute Gasteiger partial charge is 0.159 e. The molecule has 0 bridgehead atoms. The summed E-state index contributed by atoms with van der Waals surface area (Å²) in [5, 5.41) is 8.81. The number of aliphatic hydroxyl groups excluding tert-OH is 1. The molecule has 2 rings (SSSR count). The van der Waals surface area contributed by atoms with Crippen LogP contribution in [0, 0.1) is 6.92 Å². The molecular weight excluding hydrogens is 212 g/mol. The maximum atomic E-state index is 8.81. The monoisotopic (exact) mass is 228 g/mol. The molecule has 0 saturated heterocycles. The Balaban J connectivity index is 2.25. The van der Waals surface area contributed by atoms with Crippen molar-refractivity contribution in [2.24, 2.45) is 0 Å². The van der Waals surface area contributed by atoms with Gasteiger partial charge in [-0.1, -0.05) is 30.3 Å². The molecule has 0 spiro atoms. The third-order valence-corrected chi connectivity index (χ3v) is 2.72. The van der Waals surface area contributed by atoms with Crippen molar-refractivity contribution in [2.45, 2.75) is 19.8 Å². The maximum Gasteiger partial charge on any atom is 0.159 e. The summed E-state index contributed by atoms with van der Waals surface area (Å²) in [5.74, 6) is 0.760. The minimum Gasteiger partial charge on any atom is -0.396 e. The summed E-state index contributed by atoms with van der Waals surface area (Å²) in [4.78, 5) is 8.87. The summed E-state index contributed by atoms with van der Waals surface area (Å²) in [5.41, 5.74) is 3.13. The minimum absolute atomic E-state index is 0.208. The average Bonchev–Trinajstić information content (AvgIpc) is 2.38. The lowest BCUT2D eigenvalue weighted by Gasteiger charge is -2.06. The van der Waals surface area contributed by atoms with Crippen LogP contribution in [0.1, 0.15) is 17.7 Å². The number of rotatable bonds is 4. The molecule has 2 aromatic rings. The predicted octanol–water partition coefficient (Wildman–Crippen LogP) is 2.38. The Bertz CT molecular complexity index is 483. The highest BCUT2D eigenvalue weighted by molar-refractivity contribution is 5.54. The van der Waals surface area contributed by atoms with Crippen molar-refractivity contribution in [3.05, 3.63) is 47.8 Å². The molecule has 0 fully saturated rings. The quantitative estimate of drug-likeness (QED) is 0.873. The third-order valence-electron chi connectivity index (χ3n) is 2.72. The van der Waals surface area contributed by atoms with Crippen LogP contribution in [-0.2, 0) is 6.42 Å². The Hall–Kier alpha value is -1.74. The van der Waals surface area contributed by atoms with Crippen LogP contribution >= 0.6 is 0 Å². The molecule has 17 heavy (non-hydrogen) atoms. The van der Waals surface area contributed by atoms with Crippen molar-refractivity contribution < 1.29 is 5.11 Å². The fraction of sp³-hybridized carbons (Fsp3) is 0.286. The van der Waals surface area contributed by atoms with Crippen molar-refractivity contribution in [1.82, 2.24) is 9.97 Å². The normalized spacial score (nSPS) is 10.5. The summed E-state index contributed by atoms with van der Waals surface area (Å²) < 4.78 is 0. The van der Waals surface area contributed by atoms with Crippen LogP contribution < -0.4 is 0 Å². The Morgan fingerprint density at radius 3 is 2.59 bits per heavy atom. The molecule has 0 radical (unpaired) electrons. The van der Waals surface area contributed by atoms with E-state index in [0.29, 0.717) is 0 Å². The van der Waals surface area contributed by atoms with E-state index in [1.807, 2.05) is 43.5 Å². The van der Waals surface area contributed by atoms with E-state index in [1.165, 1.54) is 0 Å². The van der Waals surface area contributed by atoms with Crippen LogP contribution in [-0.4, -0.2) is 21.7 Å². The van der Waals surface area contributed by atoms with Gasteiger partial charge in [-0.25, -0.2) is 9.97 Å². The van der Waals surface area contributed by atoms with Gasteiger partial charge in [-0.2, -0.15) is 0 Å². The zero-order valence-electron chi connectivity index (χ0n) is 9.93.